The highest BCUT2D eigenvalue weighted by atomic mass is 16.5. The summed E-state index contributed by atoms with van der Waals surface area (Å²) in [6.07, 6.45) is 1.98. The lowest BCUT2D eigenvalue weighted by atomic mass is 10.3. The number of benzene rings is 1. The number of hydrogen-bond donors (Lipinski definition) is 1. The van der Waals surface area contributed by atoms with Crippen LogP contribution in [0.25, 0.3) is 5.69 Å². The molecular weight excluding hydrogens is 202 g/mol. The van der Waals surface area contributed by atoms with Crippen LogP contribution < -0.4 is 10.1 Å². The van der Waals surface area contributed by atoms with Gasteiger partial charge in [-0.05, 0) is 19.1 Å². The highest BCUT2D eigenvalue weighted by Gasteiger charge is 2.09. The summed E-state index contributed by atoms with van der Waals surface area (Å²) in [4.78, 5) is 4.38. The third-order valence-electron chi connectivity index (χ3n) is 2.39. The molecule has 0 spiro atoms. The second kappa shape index (κ2) is 4.26. The highest BCUT2D eigenvalue weighted by molar-refractivity contribution is 5.51. The third kappa shape index (κ3) is 1.74. The number of para-hydroxylation sites is 2. The average molecular weight is 217 g/mol. The zero-order chi connectivity index (χ0) is 11.5. The Kier molecular flexibility index (Phi) is 2.81. The molecule has 0 bridgehead atoms. The molecule has 0 unspecified atom stereocenters. The number of ether oxygens (including phenoxy) is 1. The van der Waals surface area contributed by atoms with E-state index in [0.717, 1.165) is 23.1 Å². The fraction of sp³-hybridized carbons (Fsp3) is 0.250. The molecule has 0 saturated carbocycles. The Balaban J connectivity index is 2.57. The number of imidazole rings is 1. The van der Waals surface area contributed by atoms with E-state index < -0.39 is 0 Å². The van der Waals surface area contributed by atoms with Crippen LogP contribution in [0.15, 0.2) is 30.5 Å². The molecule has 1 aromatic heterocycles. The summed E-state index contributed by atoms with van der Waals surface area (Å²) in [5.74, 6) is 1.64. The van der Waals surface area contributed by atoms with E-state index in [1.807, 2.05) is 49.0 Å². The maximum atomic E-state index is 5.33. The minimum Gasteiger partial charge on any atom is -0.495 e. The standard InChI is InChI=1S/C12H15N3O/c1-9-8-15(12(13-2)14-9)10-6-4-5-7-11(10)16-3/h4-8H,1-3H3,(H,13,14). The fourth-order valence-electron chi connectivity index (χ4n) is 1.69. The Morgan fingerprint density at radius 2 is 2.06 bits per heavy atom. The topological polar surface area (TPSA) is 39.1 Å². The Hall–Kier alpha value is -1.97. The van der Waals surface area contributed by atoms with E-state index in [1.165, 1.54) is 0 Å². The zero-order valence-corrected chi connectivity index (χ0v) is 9.69. The third-order valence-corrected chi connectivity index (χ3v) is 2.39. The fourth-order valence-corrected chi connectivity index (χ4v) is 1.69. The van der Waals surface area contributed by atoms with Crippen LogP contribution in [-0.4, -0.2) is 23.7 Å². The van der Waals surface area contributed by atoms with Crippen molar-refractivity contribution >= 4 is 5.95 Å². The molecular formula is C12H15N3O. The van der Waals surface area contributed by atoms with Crippen LogP contribution in [0.1, 0.15) is 5.69 Å². The van der Waals surface area contributed by atoms with Gasteiger partial charge in [-0.2, -0.15) is 0 Å². The number of aromatic nitrogens is 2. The molecule has 2 aromatic rings. The predicted molar refractivity (Wildman–Crippen MR) is 64.4 cm³/mol. The lowest BCUT2D eigenvalue weighted by molar-refractivity contribution is 0.413. The van der Waals surface area contributed by atoms with Gasteiger partial charge in [-0.1, -0.05) is 12.1 Å². The van der Waals surface area contributed by atoms with Crippen LogP contribution in [-0.2, 0) is 0 Å². The Morgan fingerprint density at radius 3 is 2.75 bits per heavy atom. The van der Waals surface area contributed by atoms with E-state index in [4.69, 9.17) is 4.74 Å². The molecule has 1 heterocycles. The predicted octanol–water partition coefficient (Wildman–Crippen LogP) is 2.23. The van der Waals surface area contributed by atoms with Gasteiger partial charge in [-0.25, -0.2) is 4.98 Å². The Labute approximate surface area is 94.9 Å². The molecule has 0 aliphatic carbocycles. The maximum absolute atomic E-state index is 5.33. The number of aryl methyl sites for hydroxylation is 1. The molecule has 0 radical (unpaired) electrons. The van der Waals surface area contributed by atoms with Gasteiger partial charge in [0.15, 0.2) is 0 Å². The Bertz CT molecular complexity index is 491. The first kappa shape index (κ1) is 10.5. The first-order valence-electron chi connectivity index (χ1n) is 5.13. The van der Waals surface area contributed by atoms with Gasteiger partial charge in [-0.3, -0.25) is 4.57 Å². The molecule has 2 rings (SSSR count). The minimum absolute atomic E-state index is 0.807. The highest BCUT2D eigenvalue weighted by Crippen LogP contribution is 2.25. The van der Waals surface area contributed by atoms with E-state index in [9.17, 15) is 0 Å². The van der Waals surface area contributed by atoms with Gasteiger partial charge in [0.1, 0.15) is 5.75 Å². The Morgan fingerprint density at radius 1 is 1.31 bits per heavy atom. The number of hydrogen-bond acceptors (Lipinski definition) is 3. The van der Waals surface area contributed by atoms with E-state index in [0.29, 0.717) is 0 Å². The van der Waals surface area contributed by atoms with E-state index in [1.54, 1.807) is 7.11 Å². The lowest BCUT2D eigenvalue weighted by Crippen LogP contribution is -2.02. The van der Waals surface area contributed by atoms with Gasteiger partial charge < -0.3 is 10.1 Å². The van der Waals surface area contributed by atoms with Gasteiger partial charge >= 0.3 is 0 Å². The van der Waals surface area contributed by atoms with Crippen LogP contribution in [0.4, 0.5) is 5.95 Å². The molecule has 0 fully saturated rings. The summed E-state index contributed by atoms with van der Waals surface area (Å²) in [6, 6.07) is 7.86. The van der Waals surface area contributed by atoms with Crippen molar-refractivity contribution < 1.29 is 4.74 Å². The second-order valence-electron chi connectivity index (χ2n) is 3.50. The van der Waals surface area contributed by atoms with Gasteiger partial charge in [0.25, 0.3) is 0 Å². The maximum Gasteiger partial charge on any atom is 0.207 e. The lowest BCUT2D eigenvalue weighted by Gasteiger charge is -2.11. The summed E-state index contributed by atoms with van der Waals surface area (Å²) < 4.78 is 7.31. The average Bonchev–Trinajstić information content (AvgIpc) is 2.70. The molecule has 4 nitrogen and oxygen atoms in total. The van der Waals surface area contributed by atoms with Gasteiger partial charge in [-0.15, -0.1) is 0 Å². The van der Waals surface area contributed by atoms with Crippen LogP contribution in [0.3, 0.4) is 0 Å². The van der Waals surface area contributed by atoms with Crippen molar-refractivity contribution in [2.45, 2.75) is 6.92 Å². The number of anilines is 1. The molecule has 1 N–H and O–H groups in total. The monoisotopic (exact) mass is 217 g/mol. The second-order valence-corrected chi connectivity index (χ2v) is 3.50. The van der Waals surface area contributed by atoms with Crippen LogP contribution >= 0.6 is 0 Å². The van der Waals surface area contributed by atoms with Crippen molar-refractivity contribution in [3.63, 3.8) is 0 Å². The molecule has 16 heavy (non-hydrogen) atoms. The van der Waals surface area contributed by atoms with Crippen LogP contribution in [0.5, 0.6) is 5.75 Å². The quantitative estimate of drug-likeness (QED) is 0.856. The molecule has 1 aromatic carbocycles. The molecule has 0 saturated heterocycles. The molecule has 0 amide bonds. The van der Waals surface area contributed by atoms with Crippen molar-refractivity contribution in [2.75, 3.05) is 19.5 Å². The molecule has 0 atom stereocenters. The van der Waals surface area contributed by atoms with Crippen molar-refractivity contribution in [1.82, 2.24) is 9.55 Å². The van der Waals surface area contributed by atoms with E-state index in [2.05, 4.69) is 10.3 Å². The van der Waals surface area contributed by atoms with E-state index >= 15 is 0 Å². The minimum atomic E-state index is 0.807. The van der Waals surface area contributed by atoms with E-state index in [-0.39, 0.29) is 0 Å². The number of rotatable bonds is 3. The normalized spacial score (nSPS) is 10.2. The van der Waals surface area contributed by atoms with Crippen molar-refractivity contribution in [2.24, 2.45) is 0 Å². The molecule has 0 aliphatic rings. The van der Waals surface area contributed by atoms with Crippen molar-refractivity contribution in [1.29, 1.82) is 0 Å². The summed E-state index contributed by atoms with van der Waals surface area (Å²) in [6.45, 7) is 1.97. The molecule has 84 valence electrons. The zero-order valence-electron chi connectivity index (χ0n) is 9.69. The molecule has 4 heteroatoms. The smallest absolute Gasteiger partial charge is 0.207 e. The number of methoxy groups -OCH3 is 1. The molecule has 0 aliphatic heterocycles. The first-order valence-corrected chi connectivity index (χ1v) is 5.13. The first-order chi connectivity index (χ1) is 7.76. The number of nitrogens with zero attached hydrogens (tertiary/aromatic N) is 2. The SMILES string of the molecule is CNc1nc(C)cn1-c1ccccc1OC. The summed E-state index contributed by atoms with van der Waals surface area (Å²) in [7, 11) is 3.52. The van der Waals surface area contributed by atoms with Crippen molar-refractivity contribution in [3.8, 4) is 11.4 Å². The number of nitrogens with one attached hydrogen (secondary N) is 1. The summed E-state index contributed by atoms with van der Waals surface area (Å²) >= 11 is 0. The van der Waals surface area contributed by atoms with Gasteiger partial charge in [0.05, 0.1) is 18.5 Å². The van der Waals surface area contributed by atoms with Crippen molar-refractivity contribution in [3.05, 3.63) is 36.2 Å². The van der Waals surface area contributed by atoms with Gasteiger partial charge in [0.2, 0.25) is 5.95 Å². The van der Waals surface area contributed by atoms with Gasteiger partial charge in [0, 0.05) is 13.2 Å². The summed E-state index contributed by atoms with van der Waals surface area (Å²) in [5, 5.41) is 3.06. The largest absolute Gasteiger partial charge is 0.495 e. The summed E-state index contributed by atoms with van der Waals surface area (Å²) in [5.41, 5.74) is 1.95. The van der Waals surface area contributed by atoms with Crippen LogP contribution in [0.2, 0.25) is 0 Å². The van der Waals surface area contributed by atoms with Crippen LogP contribution in [0, 0.1) is 6.92 Å².